The number of allylic oxidation sites excluding steroid dienone is 1. The molecule has 0 aliphatic carbocycles. The highest BCUT2D eigenvalue weighted by molar-refractivity contribution is 5.88. The van der Waals surface area contributed by atoms with Crippen molar-refractivity contribution in [2.45, 2.75) is 118 Å². The van der Waals surface area contributed by atoms with Crippen LogP contribution in [0.4, 0.5) is 10.2 Å². The van der Waals surface area contributed by atoms with Crippen molar-refractivity contribution in [3.05, 3.63) is 53.5 Å². The number of hydrogen-bond donors (Lipinski definition) is 1. The lowest BCUT2D eigenvalue weighted by Gasteiger charge is -2.32. The number of carbonyl (C=O) groups excluding carboxylic acids is 1. The molecule has 0 spiro atoms. The second-order valence-electron chi connectivity index (χ2n) is 11.2. The van der Waals surface area contributed by atoms with E-state index in [0.29, 0.717) is 36.9 Å². The highest BCUT2D eigenvalue weighted by Gasteiger charge is 2.23. The summed E-state index contributed by atoms with van der Waals surface area (Å²) in [7, 11) is 0. The highest BCUT2D eigenvalue weighted by atomic mass is 19.1. The summed E-state index contributed by atoms with van der Waals surface area (Å²) in [5, 5.41) is 10.1. The molecule has 0 fully saturated rings. The molecular weight excluding hydrogens is 517 g/mol. The number of carbonyl (C=O) groups is 1. The molecule has 0 bridgehead atoms. The van der Waals surface area contributed by atoms with Crippen LogP contribution >= 0.6 is 0 Å². The second-order valence-corrected chi connectivity index (χ2v) is 11.2. The first kappa shape index (κ1) is 34.2. The Kier molecular flexibility index (Phi) is 15.4. The van der Waals surface area contributed by atoms with Crippen LogP contribution in [0.25, 0.3) is 0 Å². The fraction of sp³-hybridized carbons (Fsp3) is 0.618. The summed E-state index contributed by atoms with van der Waals surface area (Å²) in [4.78, 5) is 24.0. The number of phenolic OH excluding ortho intramolecular Hbond substituents is 1. The summed E-state index contributed by atoms with van der Waals surface area (Å²) >= 11 is 0. The van der Waals surface area contributed by atoms with E-state index < -0.39 is 0 Å². The fourth-order valence-corrected chi connectivity index (χ4v) is 5.20. The maximum absolute atomic E-state index is 14.3. The number of rotatable bonds is 21. The van der Waals surface area contributed by atoms with Gasteiger partial charge in [0, 0.05) is 30.1 Å². The van der Waals surface area contributed by atoms with Gasteiger partial charge >= 0.3 is 6.01 Å². The van der Waals surface area contributed by atoms with E-state index in [0.717, 1.165) is 75.0 Å². The molecule has 1 N–H and O–H groups in total. The minimum absolute atomic E-state index is 0.0100. The minimum atomic E-state index is -0.365. The Hall–Kier alpha value is -2.96. The normalized spacial score (nSPS) is 12.6. The highest BCUT2D eigenvalue weighted by Crippen LogP contribution is 2.30. The van der Waals surface area contributed by atoms with Gasteiger partial charge in [0.15, 0.2) is 5.78 Å². The van der Waals surface area contributed by atoms with Gasteiger partial charge in [-0.25, -0.2) is 4.39 Å². The van der Waals surface area contributed by atoms with Crippen LogP contribution in [0.3, 0.4) is 0 Å². The summed E-state index contributed by atoms with van der Waals surface area (Å²) < 4.78 is 20.4. The maximum Gasteiger partial charge on any atom is 0.318 e. The number of aryl methyl sites for hydroxylation is 1. The molecule has 2 atom stereocenters. The molecule has 0 saturated heterocycles. The molecule has 228 valence electrons. The van der Waals surface area contributed by atoms with Gasteiger partial charge in [-0.05, 0) is 88.8 Å². The fourth-order valence-electron chi connectivity index (χ4n) is 5.20. The molecule has 2 rings (SSSR count). The summed E-state index contributed by atoms with van der Waals surface area (Å²) in [6.07, 6.45) is 11.5. The van der Waals surface area contributed by atoms with Crippen molar-refractivity contribution >= 4 is 11.6 Å². The van der Waals surface area contributed by atoms with Gasteiger partial charge in [0.1, 0.15) is 17.4 Å². The lowest BCUT2D eigenvalue weighted by molar-refractivity contribution is -0.114. The molecule has 1 heterocycles. The predicted molar refractivity (Wildman–Crippen MR) is 166 cm³/mol. The van der Waals surface area contributed by atoms with E-state index in [2.05, 4.69) is 46.1 Å². The average Bonchev–Trinajstić information content (AvgIpc) is 2.96. The number of anilines is 1. The van der Waals surface area contributed by atoms with Crippen molar-refractivity contribution in [3.63, 3.8) is 0 Å². The van der Waals surface area contributed by atoms with E-state index in [9.17, 15) is 14.3 Å². The molecule has 1 aromatic carbocycles. The number of halogens is 1. The van der Waals surface area contributed by atoms with Crippen molar-refractivity contribution in [1.82, 2.24) is 9.97 Å². The number of phenols is 1. The van der Waals surface area contributed by atoms with Crippen LogP contribution in [0.1, 0.15) is 109 Å². The third-order valence-corrected chi connectivity index (χ3v) is 7.67. The SMILES string of the molecule is C=CC(=O)CCC[C@H](C)N(CCC)c1nc(OC[C@@H](C)CCCC)nc(CC)c1CCCCc1c(O)cccc1F. The van der Waals surface area contributed by atoms with Gasteiger partial charge in [0.2, 0.25) is 0 Å². The Morgan fingerprint density at radius 3 is 2.41 bits per heavy atom. The van der Waals surface area contributed by atoms with E-state index in [1.165, 1.54) is 37.1 Å². The van der Waals surface area contributed by atoms with Crippen LogP contribution in [-0.4, -0.2) is 40.1 Å². The number of nitrogens with zero attached hydrogens (tertiary/aromatic N) is 3. The third kappa shape index (κ3) is 11.1. The zero-order valence-electron chi connectivity index (χ0n) is 26.1. The smallest absolute Gasteiger partial charge is 0.318 e. The number of unbranched alkanes of at least 4 members (excludes halogenated alkanes) is 2. The number of ketones is 1. The molecule has 0 radical (unpaired) electrons. The van der Waals surface area contributed by atoms with Crippen LogP contribution in [0.5, 0.6) is 11.8 Å². The first-order chi connectivity index (χ1) is 19.7. The number of aromatic nitrogens is 2. The standard InChI is InChI=1S/C34H52FN3O3/c1-7-11-16-25(5)24-41-34-36-31(10-4)29(20-13-12-19-28-30(35)21-15-22-32(28)40)33(37-34)38(23-8-2)26(6)17-14-18-27(39)9-3/h9,15,21-22,25-26,40H,3,7-8,10-14,16-20,23-24H2,1-2,4-6H3/t25-,26-/m0/s1. The van der Waals surface area contributed by atoms with Crippen molar-refractivity contribution in [1.29, 1.82) is 0 Å². The lowest BCUT2D eigenvalue weighted by atomic mass is 10.00. The van der Waals surface area contributed by atoms with E-state index in [-0.39, 0.29) is 23.4 Å². The van der Waals surface area contributed by atoms with E-state index >= 15 is 0 Å². The van der Waals surface area contributed by atoms with Crippen molar-refractivity contribution in [2.75, 3.05) is 18.1 Å². The molecule has 0 amide bonds. The van der Waals surface area contributed by atoms with E-state index in [1.807, 2.05) is 0 Å². The molecule has 6 nitrogen and oxygen atoms in total. The van der Waals surface area contributed by atoms with Gasteiger partial charge in [0.05, 0.1) is 12.3 Å². The Balaban J connectivity index is 2.33. The lowest BCUT2D eigenvalue weighted by Crippen LogP contribution is -2.36. The molecular formula is C34H52FN3O3. The second kappa shape index (κ2) is 18.5. The molecule has 41 heavy (non-hydrogen) atoms. The molecule has 0 aliphatic heterocycles. The van der Waals surface area contributed by atoms with E-state index in [4.69, 9.17) is 14.7 Å². The van der Waals surface area contributed by atoms with Crippen molar-refractivity contribution in [2.24, 2.45) is 5.92 Å². The van der Waals surface area contributed by atoms with Gasteiger partial charge in [-0.15, -0.1) is 0 Å². The van der Waals surface area contributed by atoms with Crippen LogP contribution < -0.4 is 9.64 Å². The zero-order chi connectivity index (χ0) is 30.2. The zero-order valence-corrected chi connectivity index (χ0v) is 26.1. The largest absolute Gasteiger partial charge is 0.508 e. The van der Waals surface area contributed by atoms with Crippen LogP contribution in [0.2, 0.25) is 0 Å². The monoisotopic (exact) mass is 569 g/mol. The topological polar surface area (TPSA) is 75.6 Å². The average molecular weight is 570 g/mol. The number of aromatic hydroxyl groups is 1. The van der Waals surface area contributed by atoms with Gasteiger partial charge < -0.3 is 14.7 Å². The van der Waals surface area contributed by atoms with Crippen molar-refractivity contribution in [3.8, 4) is 11.8 Å². The molecule has 0 unspecified atom stereocenters. The summed E-state index contributed by atoms with van der Waals surface area (Å²) in [6, 6.07) is 5.06. The van der Waals surface area contributed by atoms with Crippen LogP contribution in [0, 0.1) is 11.7 Å². The number of hydrogen-bond acceptors (Lipinski definition) is 6. The van der Waals surface area contributed by atoms with Crippen LogP contribution in [-0.2, 0) is 24.1 Å². The van der Waals surface area contributed by atoms with Gasteiger partial charge in [-0.2, -0.15) is 9.97 Å². The van der Waals surface area contributed by atoms with Crippen LogP contribution in [0.15, 0.2) is 30.9 Å². The third-order valence-electron chi connectivity index (χ3n) is 7.67. The quantitative estimate of drug-likeness (QED) is 0.121. The maximum atomic E-state index is 14.3. The first-order valence-electron chi connectivity index (χ1n) is 15.7. The molecule has 0 saturated carbocycles. The summed E-state index contributed by atoms with van der Waals surface area (Å²) in [6.45, 7) is 15.9. The van der Waals surface area contributed by atoms with Gasteiger partial charge in [-0.1, -0.05) is 53.2 Å². The van der Waals surface area contributed by atoms with E-state index in [1.54, 1.807) is 0 Å². The minimum Gasteiger partial charge on any atom is -0.508 e. The predicted octanol–water partition coefficient (Wildman–Crippen LogP) is 8.18. The molecule has 2 aromatic rings. The first-order valence-corrected chi connectivity index (χ1v) is 15.7. The molecule has 1 aromatic heterocycles. The number of benzene rings is 1. The molecule has 0 aliphatic rings. The Bertz CT molecular complexity index is 1070. The Morgan fingerprint density at radius 1 is 1.05 bits per heavy atom. The number of ether oxygens (including phenoxy) is 1. The van der Waals surface area contributed by atoms with Gasteiger partial charge in [-0.3, -0.25) is 4.79 Å². The summed E-state index contributed by atoms with van der Waals surface area (Å²) in [5.74, 6) is 1.05. The Labute approximate surface area is 247 Å². The Morgan fingerprint density at radius 2 is 1.78 bits per heavy atom. The van der Waals surface area contributed by atoms with Crippen molar-refractivity contribution < 1.29 is 19.0 Å². The summed E-state index contributed by atoms with van der Waals surface area (Å²) in [5.41, 5.74) is 2.46. The van der Waals surface area contributed by atoms with Gasteiger partial charge in [0.25, 0.3) is 0 Å². The molecule has 7 heteroatoms.